The number of esters is 1. The van der Waals surface area contributed by atoms with E-state index in [2.05, 4.69) is 5.32 Å². The maximum Gasteiger partial charge on any atom is 0.307 e. The first-order valence-corrected chi connectivity index (χ1v) is 10.8. The van der Waals surface area contributed by atoms with Crippen molar-refractivity contribution in [2.45, 2.75) is 28.3 Å². The molecule has 1 atom stereocenters. The predicted octanol–water partition coefficient (Wildman–Crippen LogP) is 2.73. The molecule has 0 aliphatic carbocycles. The van der Waals surface area contributed by atoms with Gasteiger partial charge in [-0.2, -0.15) is 0 Å². The third-order valence-electron chi connectivity index (χ3n) is 3.86. The Morgan fingerprint density at radius 3 is 2.79 bits per heavy atom. The van der Waals surface area contributed by atoms with E-state index in [1.54, 1.807) is 18.2 Å². The second-order valence-electron chi connectivity index (χ2n) is 6.11. The van der Waals surface area contributed by atoms with Gasteiger partial charge in [-0.05, 0) is 30.3 Å². The summed E-state index contributed by atoms with van der Waals surface area (Å²) in [5, 5.41) is 2.35. The molecule has 8 nitrogen and oxygen atoms in total. The highest BCUT2D eigenvalue weighted by Gasteiger charge is 2.30. The number of benzene rings is 1. The van der Waals surface area contributed by atoms with Crippen LogP contribution in [0.1, 0.15) is 12.2 Å². The minimum Gasteiger partial charge on any atom is -0.457 e. The van der Waals surface area contributed by atoms with Crippen LogP contribution in [-0.4, -0.2) is 43.9 Å². The number of sulfonamides is 1. The number of fused-ring (bicyclic) bond motifs is 1. The van der Waals surface area contributed by atoms with E-state index in [0.29, 0.717) is 10.7 Å². The summed E-state index contributed by atoms with van der Waals surface area (Å²) >= 11 is 7.16. The number of hydrogen-bond donors (Lipinski definition) is 1. The maximum atomic E-state index is 12.2. The number of thioether (sulfide) groups is 1. The summed E-state index contributed by atoms with van der Waals surface area (Å²) in [6.07, 6.45) is -0.137. The standard InChI is InChI=1S/C17H17ClN2O6S2/c1-20(2)28(23,24)16-6-4-11(26-16)9-25-15(21)8-14-17(22)19-12-7-10(18)3-5-13(12)27-14/h3-7,14H,8-9H2,1-2H3,(H,19,22). The molecule has 3 rings (SSSR count). The quantitative estimate of drug-likeness (QED) is 0.682. The molecule has 1 aliphatic rings. The number of nitrogens with zero attached hydrogens (tertiary/aromatic N) is 1. The number of halogens is 1. The van der Waals surface area contributed by atoms with Crippen molar-refractivity contribution in [3.63, 3.8) is 0 Å². The van der Waals surface area contributed by atoms with Crippen LogP contribution in [0, 0.1) is 0 Å². The second kappa shape index (κ2) is 8.16. The molecule has 0 radical (unpaired) electrons. The van der Waals surface area contributed by atoms with Crippen LogP contribution in [0.3, 0.4) is 0 Å². The Morgan fingerprint density at radius 2 is 2.07 bits per heavy atom. The monoisotopic (exact) mass is 444 g/mol. The number of amides is 1. The Morgan fingerprint density at radius 1 is 1.32 bits per heavy atom. The van der Waals surface area contributed by atoms with Crippen LogP contribution in [0.4, 0.5) is 5.69 Å². The molecule has 0 bridgehead atoms. The third-order valence-corrected chi connectivity index (χ3v) is 7.06. The molecule has 0 fully saturated rings. The Kier molecular flexibility index (Phi) is 6.04. The van der Waals surface area contributed by atoms with Crippen LogP contribution in [0.15, 0.2) is 44.7 Å². The van der Waals surface area contributed by atoms with Gasteiger partial charge in [-0.1, -0.05) is 11.6 Å². The lowest BCUT2D eigenvalue weighted by Crippen LogP contribution is -2.31. The predicted molar refractivity (Wildman–Crippen MR) is 104 cm³/mol. The first-order chi connectivity index (χ1) is 13.2. The summed E-state index contributed by atoms with van der Waals surface area (Å²) < 4.78 is 35.3. The van der Waals surface area contributed by atoms with E-state index in [9.17, 15) is 18.0 Å². The smallest absolute Gasteiger partial charge is 0.307 e. The van der Waals surface area contributed by atoms with Crippen LogP contribution >= 0.6 is 23.4 Å². The zero-order valence-electron chi connectivity index (χ0n) is 15.0. The van der Waals surface area contributed by atoms with Crippen molar-refractivity contribution in [3.05, 3.63) is 41.1 Å². The van der Waals surface area contributed by atoms with E-state index in [1.165, 1.54) is 38.0 Å². The highest BCUT2D eigenvalue weighted by atomic mass is 35.5. The molecule has 1 amide bonds. The number of carbonyl (C=O) groups is 2. The van der Waals surface area contributed by atoms with Gasteiger partial charge in [0.25, 0.3) is 10.0 Å². The lowest BCUT2D eigenvalue weighted by atomic mass is 10.2. The van der Waals surface area contributed by atoms with Crippen LogP contribution in [0.2, 0.25) is 5.02 Å². The highest BCUT2D eigenvalue weighted by molar-refractivity contribution is 8.01. The van der Waals surface area contributed by atoms with Gasteiger partial charge in [0.15, 0.2) is 0 Å². The fourth-order valence-electron chi connectivity index (χ4n) is 2.37. The molecule has 11 heteroatoms. The third kappa shape index (κ3) is 4.52. The summed E-state index contributed by atoms with van der Waals surface area (Å²) in [7, 11) is -0.925. The van der Waals surface area contributed by atoms with Crippen LogP contribution < -0.4 is 5.32 Å². The van der Waals surface area contributed by atoms with Crippen molar-refractivity contribution in [2.75, 3.05) is 19.4 Å². The maximum absolute atomic E-state index is 12.2. The summed E-state index contributed by atoms with van der Waals surface area (Å²) in [5.74, 6) is -0.720. The van der Waals surface area contributed by atoms with Crippen LogP contribution in [0.25, 0.3) is 0 Å². The van der Waals surface area contributed by atoms with Gasteiger partial charge in [0.2, 0.25) is 11.0 Å². The summed E-state index contributed by atoms with van der Waals surface area (Å²) in [6, 6.07) is 7.84. The number of ether oxygens (including phenoxy) is 1. The number of hydrogen-bond acceptors (Lipinski definition) is 7. The topological polar surface area (TPSA) is 106 Å². The van der Waals surface area contributed by atoms with Crippen molar-refractivity contribution < 1.29 is 27.2 Å². The van der Waals surface area contributed by atoms with Gasteiger partial charge < -0.3 is 14.5 Å². The molecule has 1 unspecified atom stereocenters. The van der Waals surface area contributed by atoms with Crippen molar-refractivity contribution >= 4 is 50.9 Å². The van der Waals surface area contributed by atoms with Gasteiger partial charge in [0.1, 0.15) is 12.4 Å². The fraction of sp³-hybridized carbons (Fsp3) is 0.294. The lowest BCUT2D eigenvalue weighted by molar-refractivity contribution is -0.146. The van der Waals surface area contributed by atoms with E-state index in [1.807, 2.05) is 0 Å². The molecule has 2 aromatic rings. The summed E-state index contributed by atoms with van der Waals surface area (Å²) in [4.78, 5) is 25.1. The summed E-state index contributed by atoms with van der Waals surface area (Å²) in [6.45, 7) is -0.229. The highest BCUT2D eigenvalue weighted by Crippen LogP contribution is 2.38. The number of furan rings is 1. The number of nitrogens with one attached hydrogen (secondary N) is 1. The lowest BCUT2D eigenvalue weighted by Gasteiger charge is -2.23. The number of anilines is 1. The minimum absolute atomic E-state index is 0.137. The minimum atomic E-state index is -3.70. The van der Waals surface area contributed by atoms with E-state index >= 15 is 0 Å². The first kappa shape index (κ1) is 20.7. The fourth-order valence-corrected chi connectivity index (χ4v) is 4.43. The van der Waals surface area contributed by atoms with E-state index in [-0.39, 0.29) is 29.8 Å². The molecule has 0 saturated carbocycles. The molecule has 0 spiro atoms. The first-order valence-electron chi connectivity index (χ1n) is 8.11. The molecule has 2 heterocycles. The molecule has 0 saturated heterocycles. The molecular formula is C17H17ClN2O6S2. The molecule has 28 heavy (non-hydrogen) atoms. The second-order valence-corrected chi connectivity index (χ2v) is 9.87. The van der Waals surface area contributed by atoms with Gasteiger partial charge in [-0.15, -0.1) is 11.8 Å². The van der Waals surface area contributed by atoms with E-state index < -0.39 is 21.2 Å². The molecule has 1 aromatic heterocycles. The Balaban J connectivity index is 1.57. The molecule has 150 valence electrons. The van der Waals surface area contributed by atoms with Crippen molar-refractivity contribution in [1.29, 1.82) is 0 Å². The van der Waals surface area contributed by atoms with Gasteiger partial charge in [-0.25, -0.2) is 12.7 Å². The van der Waals surface area contributed by atoms with Gasteiger partial charge in [0.05, 0.1) is 17.4 Å². The van der Waals surface area contributed by atoms with Crippen molar-refractivity contribution in [2.24, 2.45) is 0 Å². The zero-order chi connectivity index (χ0) is 20.5. The van der Waals surface area contributed by atoms with Gasteiger partial charge >= 0.3 is 5.97 Å². The Hall–Kier alpha value is -2.01. The Bertz CT molecular complexity index is 1020. The summed E-state index contributed by atoms with van der Waals surface area (Å²) in [5.41, 5.74) is 0.609. The average Bonchev–Trinajstić information content (AvgIpc) is 3.10. The average molecular weight is 445 g/mol. The zero-order valence-corrected chi connectivity index (χ0v) is 17.4. The Labute approximate surface area is 171 Å². The van der Waals surface area contributed by atoms with E-state index in [0.717, 1.165) is 9.20 Å². The van der Waals surface area contributed by atoms with Gasteiger partial charge in [-0.3, -0.25) is 9.59 Å². The van der Waals surface area contributed by atoms with Crippen LogP contribution in [-0.2, 0) is 31.0 Å². The number of carbonyl (C=O) groups excluding carboxylic acids is 2. The van der Waals surface area contributed by atoms with Crippen molar-refractivity contribution in [1.82, 2.24) is 4.31 Å². The van der Waals surface area contributed by atoms with Crippen molar-refractivity contribution in [3.8, 4) is 0 Å². The molecule has 1 N–H and O–H groups in total. The largest absolute Gasteiger partial charge is 0.457 e. The molecule has 1 aromatic carbocycles. The van der Waals surface area contributed by atoms with Crippen LogP contribution in [0.5, 0.6) is 0 Å². The SMILES string of the molecule is CN(C)S(=O)(=O)c1ccc(COC(=O)CC2Sc3ccc(Cl)cc3NC2=O)o1. The van der Waals surface area contributed by atoms with E-state index in [4.69, 9.17) is 20.8 Å². The van der Waals surface area contributed by atoms with Gasteiger partial charge in [0, 0.05) is 24.0 Å². The number of rotatable bonds is 6. The molecule has 1 aliphatic heterocycles. The normalized spacial score (nSPS) is 16.6. The molecular weight excluding hydrogens is 428 g/mol.